The number of hydrogen-bond acceptors (Lipinski definition) is 4. The van der Waals surface area contributed by atoms with Gasteiger partial charge >= 0.3 is 24.3 Å². The molecule has 0 unspecified atom stereocenters. The lowest BCUT2D eigenvalue weighted by Gasteiger charge is -2.18. The van der Waals surface area contributed by atoms with Gasteiger partial charge in [-0.3, -0.25) is 9.59 Å². The number of nitrogens with one attached hydrogen (secondary N) is 1. The number of rotatable bonds is 6. The summed E-state index contributed by atoms with van der Waals surface area (Å²) in [4.78, 5) is 35.8. The number of nitrogens with zero attached hydrogens (tertiary/aromatic N) is 2. The molecule has 0 aromatic rings. The van der Waals surface area contributed by atoms with Crippen LogP contribution in [0.4, 0.5) is 13.2 Å². The van der Waals surface area contributed by atoms with E-state index in [4.69, 9.17) is 5.53 Å². The van der Waals surface area contributed by atoms with Gasteiger partial charge in [-0.1, -0.05) is 0 Å². The van der Waals surface area contributed by atoms with E-state index >= 15 is 0 Å². The fourth-order valence-electron chi connectivity index (χ4n) is 1.07. The van der Waals surface area contributed by atoms with Crippen LogP contribution in [0.2, 0.25) is 0 Å². The molecule has 0 aromatic heterocycles. The van der Waals surface area contributed by atoms with Crippen LogP contribution in [0.15, 0.2) is 0 Å². The molecular formula is C10H12F3N3O4. The number of hydrogen-bond donors (Lipinski definition) is 1. The van der Waals surface area contributed by atoms with Crippen LogP contribution in [-0.4, -0.2) is 47.0 Å². The van der Waals surface area contributed by atoms with Gasteiger partial charge < -0.3 is 15.6 Å². The van der Waals surface area contributed by atoms with Crippen molar-refractivity contribution < 1.29 is 37.1 Å². The van der Waals surface area contributed by atoms with E-state index in [0.717, 1.165) is 0 Å². The summed E-state index contributed by atoms with van der Waals surface area (Å²) in [5.74, 6) is -4.53. The van der Waals surface area contributed by atoms with Gasteiger partial charge in [0.1, 0.15) is 6.04 Å². The minimum atomic E-state index is -5.20. The summed E-state index contributed by atoms with van der Waals surface area (Å²) in [5.41, 5.74) is 8.11. The first-order chi connectivity index (χ1) is 9.07. The first-order valence-corrected chi connectivity index (χ1v) is 5.36. The lowest BCUT2D eigenvalue weighted by molar-refractivity contribution is -0.176. The highest BCUT2D eigenvalue weighted by atomic mass is 19.4. The van der Waals surface area contributed by atoms with Crippen LogP contribution >= 0.6 is 0 Å². The van der Waals surface area contributed by atoms with E-state index in [9.17, 15) is 27.6 Å². The zero-order valence-electron chi connectivity index (χ0n) is 10.6. The summed E-state index contributed by atoms with van der Waals surface area (Å²) in [5, 5.41) is 1.35. The molecule has 1 atom stereocenters. The number of amides is 1. The van der Waals surface area contributed by atoms with Crippen molar-refractivity contribution >= 4 is 23.9 Å². The van der Waals surface area contributed by atoms with E-state index < -0.39 is 42.4 Å². The molecular weight excluding hydrogens is 283 g/mol. The maximum absolute atomic E-state index is 12.1. The summed E-state index contributed by atoms with van der Waals surface area (Å²) in [6, 6.07) is -1.82. The van der Waals surface area contributed by atoms with Gasteiger partial charge in [0.15, 0.2) is 0 Å². The van der Waals surface area contributed by atoms with Crippen LogP contribution in [0.3, 0.4) is 0 Å². The summed E-state index contributed by atoms with van der Waals surface area (Å²) in [6.07, 6.45) is -6.27. The van der Waals surface area contributed by atoms with E-state index in [-0.39, 0.29) is 0 Å². The summed E-state index contributed by atoms with van der Waals surface area (Å²) >= 11 is 0. The second-order valence-corrected chi connectivity index (χ2v) is 3.92. The average molecular weight is 295 g/mol. The third kappa shape index (κ3) is 6.64. The standard InChI is InChI=1S/C10H12F3N3O4/c1-5(2)20-8(18)7(3-6(17)4-15-14)16-9(19)10(11,12)13/h4-5,7H,3H2,1-2H3,(H,16,19)/t7-/m0/s1. The molecule has 0 fully saturated rings. The van der Waals surface area contributed by atoms with Crippen LogP contribution in [-0.2, 0) is 19.1 Å². The number of ether oxygens (including phenoxy) is 1. The van der Waals surface area contributed by atoms with Crippen molar-refractivity contribution in [2.24, 2.45) is 0 Å². The fraction of sp³-hybridized carbons (Fsp3) is 0.600. The van der Waals surface area contributed by atoms with E-state index in [0.29, 0.717) is 6.21 Å². The number of Topliss-reactive ketones (excluding diaryl/α,β-unsaturated/α-hetero) is 1. The molecule has 7 nitrogen and oxygen atoms in total. The van der Waals surface area contributed by atoms with E-state index in [1.807, 2.05) is 0 Å². The molecule has 0 aromatic carbocycles. The Kier molecular flexibility index (Phi) is 6.57. The van der Waals surface area contributed by atoms with Crippen molar-refractivity contribution in [3.05, 3.63) is 5.53 Å². The SMILES string of the molecule is CC(C)OC(=O)[C@H](CC(=O)C=[N+]=[N-])NC(=O)C(F)(F)F. The van der Waals surface area contributed by atoms with Crippen LogP contribution in [0.5, 0.6) is 0 Å². The van der Waals surface area contributed by atoms with Gasteiger partial charge in [0, 0.05) is 6.42 Å². The van der Waals surface area contributed by atoms with Crippen molar-refractivity contribution in [3.63, 3.8) is 0 Å². The molecule has 0 saturated heterocycles. The predicted octanol–water partition coefficient (Wildman–Crippen LogP) is 0.245. The Labute approximate surface area is 111 Å². The molecule has 0 rings (SSSR count). The Balaban J connectivity index is 4.96. The van der Waals surface area contributed by atoms with E-state index in [1.54, 1.807) is 0 Å². The van der Waals surface area contributed by atoms with E-state index in [1.165, 1.54) is 19.2 Å². The Bertz CT molecular complexity index is 442. The summed E-state index contributed by atoms with van der Waals surface area (Å²) in [7, 11) is 0. The van der Waals surface area contributed by atoms with Gasteiger partial charge in [0.05, 0.1) is 6.10 Å². The van der Waals surface area contributed by atoms with Gasteiger partial charge in [-0.05, 0) is 13.8 Å². The van der Waals surface area contributed by atoms with Crippen molar-refractivity contribution in [1.29, 1.82) is 0 Å². The third-order valence-corrected chi connectivity index (χ3v) is 1.81. The highest BCUT2D eigenvalue weighted by Gasteiger charge is 2.41. The van der Waals surface area contributed by atoms with Gasteiger partial charge in [-0.2, -0.15) is 18.0 Å². The van der Waals surface area contributed by atoms with Crippen molar-refractivity contribution in [2.45, 2.75) is 38.6 Å². The first-order valence-electron chi connectivity index (χ1n) is 5.36. The number of halogens is 3. The van der Waals surface area contributed by atoms with Crippen molar-refractivity contribution in [3.8, 4) is 0 Å². The number of alkyl halides is 3. The molecule has 0 radical (unpaired) electrons. The van der Waals surface area contributed by atoms with Gasteiger partial charge in [-0.25, -0.2) is 4.79 Å². The molecule has 112 valence electrons. The molecule has 1 amide bonds. The monoisotopic (exact) mass is 295 g/mol. The van der Waals surface area contributed by atoms with Gasteiger partial charge in [0.25, 0.3) is 0 Å². The lowest BCUT2D eigenvalue weighted by Crippen LogP contribution is -2.48. The molecule has 10 heteroatoms. The number of carbonyl (C=O) groups excluding carboxylic acids is 3. The van der Waals surface area contributed by atoms with Gasteiger partial charge in [0.2, 0.25) is 5.78 Å². The Morgan fingerprint density at radius 2 is 1.90 bits per heavy atom. The molecule has 1 N–H and O–H groups in total. The quantitative estimate of drug-likeness (QED) is 0.328. The second-order valence-electron chi connectivity index (χ2n) is 3.92. The molecule has 0 spiro atoms. The smallest absolute Gasteiger partial charge is 0.461 e. The van der Waals surface area contributed by atoms with Crippen molar-refractivity contribution in [2.75, 3.05) is 0 Å². The minimum Gasteiger partial charge on any atom is -0.461 e. The molecule has 20 heavy (non-hydrogen) atoms. The number of ketones is 1. The zero-order valence-corrected chi connectivity index (χ0v) is 10.6. The summed E-state index contributed by atoms with van der Waals surface area (Å²) in [6.45, 7) is 2.88. The number of esters is 1. The minimum absolute atomic E-state index is 0.398. The zero-order chi connectivity index (χ0) is 15.9. The maximum atomic E-state index is 12.1. The van der Waals surface area contributed by atoms with Crippen LogP contribution in [0, 0.1) is 0 Å². The first kappa shape index (κ1) is 17.8. The van der Waals surface area contributed by atoms with Crippen LogP contribution in [0.25, 0.3) is 5.53 Å². The molecule has 0 heterocycles. The highest BCUT2D eigenvalue weighted by Crippen LogP contribution is 2.15. The molecule has 0 bridgehead atoms. The molecule has 0 saturated carbocycles. The Hall–Kier alpha value is -2.22. The average Bonchev–Trinajstić information content (AvgIpc) is 2.25. The third-order valence-electron chi connectivity index (χ3n) is 1.81. The Morgan fingerprint density at radius 1 is 1.35 bits per heavy atom. The number of carbonyl (C=O) groups is 3. The predicted molar refractivity (Wildman–Crippen MR) is 58.5 cm³/mol. The fourth-order valence-corrected chi connectivity index (χ4v) is 1.07. The van der Waals surface area contributed by atoms with E-state index in [2.05, 4.69) is 9.53 Å². The van der Waals surface area contributed by atoms with Crippen LogP contribution in [0.1, 0.15) is 20.3 Å². The second kappa shape index (κ2) is 7.39. The maximum Gasteiger partial charge on any atom is 0.471 e. The topological polar surface area (TPSA) is 109 Å². The molecule has 0 aliphatic rings. The normalized spacial score (nSPS) is 12.3. The lowest BCUT2D eigenvalue weighted by atomic mass is 10.1. The van der Waals surface area contributed by atoms with Gasteiger partial charge in [-0.15, -0.1) is 0 Å². The highest BCUT2D eigenvalue weighted by molar-refractivity contribution is 6.26. The van der Waals surface area contributed by atoms with Crippen molar-refractivity contribution in [1.82, 2.24) is 5.32 Å². The molecule has 0 aliphatic carbocycles. The van der Waals surface area contributed by atoms with Crippen LogP contribution < -0.4 is 5.32 Å². The largest absolute Gasteiger partial charge is 0.471 e. The molecule has 0 aliphatic heterocycles. The summed E-state index contributed by atoms with van der Waals surface area (Å²) < 4.78 is 40.9. The Morgan fingerprint density at radius 3 is 2.30 bits per heavy atom.